The second-order valence-electron chi connectivity index (χ2n) is 10.8. The van der Waals surface area contributed by atoms with Crippen LogP contribution in [0.1, 0.15) is 84.1 Å². The van der Waals surface area contributed by atoms with E-state index in [-0.39, 0.29) is 30.2 Å². The third-order valence-electron chi connectivity index (χ3n) is 7.76. The molecule has 2 fully saturated rings. The van der Waals surface area contributed by atoms with Crippen molar-refractivity contribution in [2.75, 3.05) is 0 Å². The number of halogens is 3. The van der Waals surface area contributed by atoms with Crippen LogP contribution in [0, 0.1) is 11.3 Å². The summed E-state index contributed by atoms with van der Waals surface area (Å²) in [4.78, 5) is 11.6. The van der Waals surface area contributed by atoms with Crippen LogP contribution in [0.15, 0.2) is 47.0 Å². The van der Waals surface area contributed by atoms with Crippen molar-refractivity contribution in [3.8, 4) is 23.1 Å². The molecule has 1 N–H and O–H groups in total. The van der Waals surface area contributed by atoms with Crippen molar-refractivity contribution in [1.82, 2.24) is 14.9 Å². The second-order valence-corrected chi connectivity index (χ2v) is 12.0. The van der Waals surface area contributed by atoms with Gasteiger partial charge in [-0.1, -0.05) is 52.1 Å². The van der Waals surface area contributed by atoms with Crippen molar-refractivity contribution < 1.29 is 19.2 Å². The quantitative estimate of drug-likeness (QED) is 0.203. The lowest BCUT2D eigenvalue weighted by Gasteiger charge is -2.16. The molecule has 0 aliphatic heterocycles. The fourth-order valence-corrected chi connectivity index (χ4v) is 6.36. The molecule has 2 aliphatic carbocycles. The molecule has 2 aromatic heterocycles. The highest BCUT2D eigenvalue weighted by molar-refractivity contribution is 6.39. The lowest BCUT2D eigenvalue weighted by atomic mass is 9.93. The van der Waals surface area contributed by atoms with E-state index in [1.807, 2.05) is 13.8 Å². The highest BCUT2D eigenvalue weighted by Crippen LogP contribution is 2.62. The molecule has 2 atom stereocenters. The van der Waals surface area contributed by atoms with Crippen molar-refractivity contribution >= 4 is 40.8 Å². The van der Waals surface area contributed by atoms with Gasteiger partial charge in [0.05, 0.1) is 27.1 Å². The summed E-state index contributed by atoms with van der Waals surface area (Å²) in [5.41, 5.74) is 2.38. The second kappa shape index (κ2) is 10.4. The molecule has 2 saturated carbocycles. The first kappa shape index (κ1) is 27.6. The molecule has 2 aliphatic rings. The Morgan fingerprint density at radius 3 is 2.54 bits per heavy atom. The van der Waals surface area contributed by atoms with Gasteiger partial charge in [-0.15, -0.1) is 0 Å². The Hall–Kier alpha value is -3.51. The minimum atomic E-state index is -1.11. The van der Waals surface area contributed by atoms with Crippen molar-refractivity contribution in [2.24, 2.45) is 0 Å². The Morgan fingerprint density at radius 1 is 1.20 bits per heavy atom. The van der Waals surface area contributed by atoms with E-state index in [9.17, 15) is 15.2 Å². The van der Waals surface area contributed by atoms with Gasteiger partial charge >= 0.3 is 5.97 Å². The molecule has 2 heterocycles. The van der Waals surface area contributed by atoms with Gasteiger partial charge in [-0.3, -0.25) is 4.68 Å². The summed E-state index contributed by atoms with van der Waals surface area (Å²) in [5, 5.41) is 29.6. The summed E-state index contributed by atoms with van der Waals surface area (Å²) in [6, 6.07) is 14.5. The molecule has 0 amide bonds. The molecule has 0 spiro atoms. The third kappa shape index (κ3) is 4.86. The predicted octanol–water partition coefficient (Wildman–Crippen LogP) is 8.18. The first-order chi connectivity index (χ1) is 19.6. The Balaban J connectivity index is 1.27. The Morgan fingerprint density at radius 2 is 1.93 bits per heavy atom. The van der Waals surface area contributed by atoms with Crippen LogP contribution in [-0.2, 0) is 12.0 Å². The minimum absolute atomic E-state index is 0.0426. The number of nitriles is 1. The number of rotatable bonds is 9. The first-order valence-corrected chi connectivity index (χ1v) is 14.4. The largest absolute Gasteiger partial charge is 0.489 e. The molecular formula is C30H25Cl3N4O4. The molecule has 2 aromatic carbocycles. The van der Waals surface area contributed by atoms with E-state index in [2.05, 4.69) is 16.3 Å². The topological polar surface area (TPSA) is 114 Å². The summed E-state index contributed by atoms with van der Waals surface area (Å²) in [5.74, 6) is 0.228. The number of aromatic carboxylic acids is 1. The Bertz CT molecular complexity index is 1700. The van der Waals surface area contributed by atoms with Crippen molar-refractivity contribution in [2.45, 2.75) is 63.0 Å². The maximum atomic E-state index is 11.6. The number of aromatic nitrogens is 3. The average molecular weight is 612 g/mol. The highest BCUT2D eigenvalue weighted by atomic mass is 35.5. The van der Waals surface area contributed by atoms with Gasteiger partial charge in [0.25, 0.3) is 0 Å². The van der Waals surface area contributed by atoms with Gasteiger partial charge in [-0.05, 0) is 69.0 Å². The van der Waals surface area contributed by atoms with Crippen LogP contribution >= 0.6 is 34.8 Å². The average Bonchev–Trinajstić information content (AvgIpc) is 3.82. The van der Waals surface area contributed by atoms with Gasteiger partial charge in [0.2, 0.25) is 0 Å². The number of carboxylic acid groups (broad SMARTS) is 1. The Kier molecular flexibility index (Phi) is 7.01. The molecule has 4 aromatic rings. The number of carboxylic acids is 1. The van der Waals surface area contributed by atoms with E-state index in [0.29, 0.717) is 49.8 Å². The first-order valence-electron chi connectivity index (χ1n) is 13.2. The van der Waals surface area contributed by atoms with E-state index >= 15 is 0 Å². The molecule has 41 heavy (non-hydrogen) atoms. The number of benzene rings is 2. The molecule has 6 rings (SSSR count). The molecule has 2 unspecified atom stereocenters. The third-order valence-corrected chi connectivity index (χ3v) is 8.70. The summed E-state index contributed by atoms with van der Waals surface area (Å²) in [6.45, 7) is 4.01. The molecule has 8 nitrogen and oxygen atoms in total. The van der Waals surface area contributed by atoms with Crippen LogP contribution in [0.4, 0.5) is 0 Å². The standard InChI is InChI=1S/C30H25Cl3N4O4/c1-15(2)37-25(11-24(35-37)29(38)39)20-12-30(20,14-34)19-9-8-17(10-23(19)33)40-13-18-27(36-41-28(18)16-6-7-16)26-21(31)4-3-5-22(26)32/h3-5,8-11,15-16,20H,6-7,12-13H2,1-2H3,(H,38,39). The smallest absolute Gasteiger partial charge is 0.356 e. The summed E-state index contributed by atoms with van der Waals surface area (Å²) < 4.78 is 13.6. The minimum Gasteiger partial charge on any atom is -0.489 e. The lowest BCUT2D eigenvalue weighted by molar-refractivity contribution is 0.0689. The van der Waals surface area contributed by atoms with Crippen molar-refractivity contribution in [3.63, 3.8) is 0 Å². The van der Waals surface area contributed by atoms with Gasteiger partial charge in [0, 0.05) is 34.2 Å². The summed E-state index contributed by atoms with van der Waals surface area (Å²) in [7, 11) is 0. The zero-order valence-corrected chi connectivity index (χ0v) is 24.5. The van der Waals surface area contributed by atoms with Crippen LogP contribution in [0.5, 0.6) is 5.75 Å². The maximum absolute atomic E-state index is 11.6. The molecular weight excluding hydrogens is 587 g/mol. The van der Waals surface area contributed by atoms with Gasteiger partial charge in [0.1, 0.15) is 23.8 Å². The molecule has 0 radical (unpaired) electrons. The fraction of sp³-hybridized carbons (Fsp3) is 0.333. The highest BCUT2D eigenvalue weighted by Gasteiger charge is 2.59. The van der Waals surface area contributed by atoms with Gasteiger partial charge < -0.3 is 14.4 Å². The summed E-state index contributed by atoms with van der Waals surface area (Å²) >= 11 is 19.7. The van der Waals surface area contributed by atoms with Crippen molar-refractivity contribution in [1.29, 1.82) is 5.26 Å². The SMILES string of the molecule is CC(C)n1nc(C(=O)O)cc1C1CC1(C#N)c1ccc(OCc2c(-c3c(Cl)cccc3Cl)noc2C2CC2)cc1Cl. The maximum Gasteiger partial charge on any atom is 0.356 e. The van der Waals surface area contributed by atoms with Gasteiger partial charge in [-0.25, -0.2) is 4.79 Å². The number of nitrogens with zero attached hydrogens (tertiary/aromatic N) is 4. The van der Waals surface area contributed by atoms with Crippen LogP contribution in [0.3, 0.4) is 0 Å². The Labute approximate surface area is 251 Å². The van der Waals surface area contributed by atoms with Gasteiger partial charge in [0.15, 0.2) is 5.69 Å². The van der Waals surface area contributed by atoms with Crippen LogP contribution < -0.4 is 4.74 Å². The zero-order chi connectivity index (χ0) is 29.1. The predicted molar refractivity (Wildman–Crippen MR) is 154 cm³/mol. The molecule has 11 heteroatoms. The van der Waals surface area contributed by atoms with Crippen LogP contribution in [-0.4, -0.2) is 26.0 Å². The molecule has 210 valence electrons. The lowest BCUT2D eigenvalue weighted by Crippen LogP contribution is -2.12. The number of hydrogen-bond donors (Lipinski definition) is 1. The summed E-state index contributed by atoms with van der Waals surface area (Å²) in [6.07, 6.45) is 2.53. The van der Waals surface area contributed by atoms with Crippen LogP contribution in [0.2, 0.25) is 15.1 Å². The number of ether oxygens (including phenoxy) is 1. The normalized spacial score (nSPS) is 19.8. The van der Waals surface area contributed by atoms with E-state index < -0.39 is 11.4 Å². The molecule has 0 saturated heterocycles. The van der Waals surface area contributed by atoms with Crippen LogP contribution in [0.25, 0.3) is 11.3 Å². The van der Waals surface area contributed by atoms with E-state index in [4.69, 9.17) is 44.1 Å². The van der Waals surface area contributed by atoms with Gasteiger partial charge in [-0.2, -0.15) is 10.4 Å². The monoisotopic (exact) mass is 610 g/mol. The number of carbonyl (C=O) groups is 1. The fourth-order valence-electron chi connectivity index (χ4n) is 5.44. The van der Waals surface area contributed by atoms with E-state index in [1.165, 1.54) is 0 Å². The molecule has 0 bridgehead atoms. The van der Waals surface area contributed by atoms with E-state index in [0.717, 1.165) is 24.2 Å². The van der Waals surface area contributed by atoms with E-state index in [1.54, 1.807) is 47.1 Å². The zero-order valence-electron chi connectivity index (χ0n) is 22.2. The number of hydrogen-bond acceptors (Lipinski definition) is 6. The van der Waals surface area contributed by atoms with Crippen molar-refractivity contribution in [3.05, 3.63) is 85.8 Å².